The van der Waals surface area contributed by atoms with Crippen LogP contribution in [0.1, 0.15) is 64.1 Å². The number of hydrogen-bond donors (Lipinski definition) is 3. The van der Waals surface area contributed by atoms with Crippen LogP contribution in [-0.4, -0.2) is 0 Å². The van der Waals surface area contributed by atoms with Crippen LogP contribution in [0.4, 0.5) is 17.1 Å². The summed E-state index contributed by atoms with van der Waals surface area (Å²) in [6.45, 7) is 7.01. The molecule has 0 amide bonds. The van der Waals surface area contributed by atoms with E-state index in [9.17, 15) is 0 Å². The van der Waals surface area contributed by atoms with Crippen molar-refractivity contribution in [3.05, 3.63) is 53.6 Å². The average Bonchev–Trinajstić information content (AvgIpc) is 2.47. The molecule has 5 N–H and O–H groups in total. The van der Waals surface area contributed by atoms with Gasteiger partial charge in [0.25, 0.3) is 0 Å². The molecule has 1 fully saturated rings. The Morgan fingerprint density at radius 3 is 2.38 bits per heavy atom. The molecular formula is C23H35N3. The first-order valence-corrected chi connectivity index (χ1v) is 9.34. The van der Waals surface area contributed by atoms with Crippen LogP contribution in [-0.2, 0) is 0 Å². The van der Waals surface area contributed by atoms with Crippen molar-refractivity contribution in [2.75, 3.05) is 16.8 Å². The van der Waals surface area contributed by atoms with E-state index in [2.05, 4.69) is 50.4 Å². The van der Waals surface area contributed by atoms with E-state index in [4.69, 9.17) is 11.5 Å². The largest absolute Gasteiger partial charge is 0.399 e. The van der Waals surface area contributed by atoms with Crippen molar-refractivity contribution in [3.8, 4) is 0 Å². The Labute approximate surface area is 159 Å². The maximum absolute atomic E-state index is 6.20. The summed E-state index contributed by atoms with van der Waals surface area (Å²) in [6, 6.07) is 14.6. The summed E-state index contributed by atoms with van der Waals surface area (Å²) in [4.78, 5) is 0. The number of benzene rings is 2. The number of aryl methyl sites for hydroxylation is 1. The van der Waals surface area contributed by atoms with Gasteiger partial charge in [-0.05, 0) is 66.8 Å². The average molecular weight is 354 g/mol. The molecule has 26 heavy (non-hydrogen) atoms. The minimum atomic E-state index is 0. The molecule has 0 heterocycles. The topological polar surface area (TPSA) is 64.1 Å². The van der Waals surface area contributed by atoms with Gasteiger partial charge in [0.15, 0.2) is 0 Å². The molecule has 1 saturated carbocycles. The number of hydrogen-bond acceptors (Lipinski definition) is 3. The summed E-state index contributed by atoms with van der Waals surface area (Å²) < 4.78 is 0. The number of anilines is 3. The molecule has 3 nitrogen and oxygen atoms in total. The van der Waals surface area contributed by atoms with E-state index in [1.807, 2.05) is 18.2 Å². The SMILES string of the molecule is C.Cc1ccccc1C(CC(C)(C)C1CCC1)Nc1ccc(N)cc1N. The minimum absolute atomic E-state index is 0. The normalized spacial score (nSPS) is 15.7. The lowest BCUT2D eigenvalue weighted by molar-refractivity contribution is 0.105. The van der Waals surface area contributed by atoms with Crippen molar-refractivity contribution < 1.29 is 0 Å². The van der Waals surface area contributed by atoms with E-state index in [0.29, 0.717) is 16.8 Å². The summed E-state index contributed by atoms with van der Waals surface area (Å²) in [5, 5.41) is 3.71. The highest BCUT2D eigenvalue weighted by molar-refractivity contribution is 5.71. The monoisotopic (exact) mass is 353 g/mol. The molecule has 2 aromatic carbocycles. The first-order chi connectivity index (χ1) is 11.9. The molecule has 0 saturated heterocycles. The number of nitrogen functional groups attached to an aromatic ring is 2. The zero-order valence-corrected chi connectivity index (χ0v) is 15.7. The smallest absolute Gasteiger partial charge is 0.0580 e. The van der Waals surface area contributed by atoms with Crippen LogP contribution in [0.15, 0.2) is 42.5 Å². The van der Waals surface area contributed by atoms with E-state index in [1.165, 1.54) is 30.4 Å². The Bertz CT molecular complexity index is 732. The van der Waals surface area contributed by atoms with Crippen LogP contribution in [0.5, 0.6) is 0 Å². The Morgan fingerprint density at radius 2 is 1.81 bits per heavy atom. The zero-order chi connectivity index (χ0) is 18.0. The lowest BCUT2D eigenvalue weighted by Crippen LogP contribution is -2.33. The Balaban J connectivity index is 0.00000243. The van der Waals surface area contributed by atoms with Crippen LogP contribution in [0, 0.1) is 18.3 Å². The van der Waals surface area contributed by atoms with Crippen LogP contribution in [0.25, 0.3) is 0 Å². The van der Waals surface area contributed by atoms with Crippen LogP contribution >= 0.6 is 0 Å². The highest BCUT2D eigenvalue weighted by Gasteiger charge is 2.36. The zero-order valence-electron chi connectivity index (χ0n) is 15.7. The molecule has 0 spiro atoms. The van der Waals surface area contributed by atoms with Gasteiger partial charge in [-0.3, -0.25) is 0 Å². The third kappa shape index (κ3) is 4.32. The summed E-state index contributed by atoms with van der Waals surface area (Å²) >= 11 is 0. The lowest BCUT2D eigenvalue weighted by Gasteiger charge is -2.43. The van der Waals surface area contributed by atoms with Crippen LogP contribution in [0.3, 0.4) is 0 Å². The molecule has 142 valence electrons. The number of nitrogens with two attached hydrogens (primary N) is 2. The fraction of sp³-hybridized carbons (Fsp3) is 0.478. The van der Waals surface area contributed by atoms with E-state index in [0.717, 1.165) is 18.0 Å². The van der Waals surface area contributed by atoms with Crippen molar-refractivity contribution in [1.29, 1.82) is 0 Å². The summed E-state index contributed by atoms with van der Waals surface area (Å²) in [6.07, 6.45) is 5.18. The Morgan fingerprint density at radius 1 is 1.12 bits per heavy atom. The van der Waals surface area contributed by atoms with Crippen molar-refractivity contribution in [2.24, 2.45) is 11.3 Å². The highest BCUT2D eigenvalue weighted by Crippen LogP contribution is 2.47. The molecule has 1 atom stereocenters. The van der Waals surface area contributed by atoms with E-state index >= 15 is 0 Å². The van der Waals surface area contributed by atoms with Crippen molar-refractivity contribution in [2.45, 2.75) is 59.9 Å². The van der Waals surface area contributed by atoms with Gasteiger partial charge in [0.2, 0.25) is 0 Å². The molecule has 3 heteroatoms. The lowest BCUT2D eigenvalue weighted by atomic mass is 9.64. The second-order valence-electron chi connectivity index (χ2n) is 8.22. The van der Waals surface area contributed by atoms with Gasteiger partial charge in [0, 0.05) is 5.69 Å². The second-order valence-corrected chi connectivity index (χ2v) is 8.22. The number of rotatable bonds is 6. The van der Waals surface area contributed by atoms with Gasteiger partial charge < -0.3 is 16.8 Å². The first-order valence-electron chi connectivity index (χ1n) is 9.34. The maximum atomic E-state index is 6.20. The van der Waals surface area contributed by atoms with E-state index < -0.39 is 0 Å². The molecule has 0 radical (unpaired) electrons. The molecule has 0 aliphatic heterocycles. The van der Waals surface area contributed by atoms with E-state index in [-0.39, 0.29) is 13.5 Å². The van der Waals surface area contributed by atoms with Gasteiger partial charge >= 0.3 is 0 Å². The quantitative estimate of drug-likeness (QED) is 0.544. The van der Waals surface area contributed by atoms with Crippen molar-refractivity contribution in [1.82, 2.24) is 0 Å². The molecule has 3 rings (SSSR count). The maximum Gasteiger partial charge on any atom is 0.0580 e. The predicted molar refractivity (Wildman–Crippen MR) is 115 cm³/mol. The molecular weight excluding hydrogens is 318 g/mol. The molecule has 1 unspecified atom stereocenters. The first kappa shape index (κ1) is 20.2. The van der Waals surface area contributed by atoms with Gasteiger partial charge in [-0.1, -0.05) is 52.0 Å². The van der Waals surface area contributed by atoms with Gasteiger partial charge in [-0.15, -0.1) is 0 Å². The molecule has 1 aliphatic rings. The van der Waals surface area contributed by atoms with Gasteiger partial charge in [0.1, 0.15) is 0 Å². The highest BCUT2D eigenvalue weighted by atomic mass is 14.9. The Kier molecular flexibility index (Phi) is 6.22. The standard InChI is InChI=1S/C22H31N3.CH4/c1-15-7-4-5-10-18(15)21(14-22(2,3)16-8-6-9-16)25-20-12-11-17(23)13-19(20)24;/h4-5,7,10-13,16,21,25H,6,8-9,14,23-24H2,1-3H3;1H4. The van der Waals surface area contributed by atoms with Gasteiger partial charge in [-0.2, -0.15) is 0 Å². The fourth-order valence-corrected chi connectivity index (χ4v) is 4.00. The predicted octanol–water partition coefficient (Wildman–Crippen LogP) is 6.17. The summed E-state index contributed by atoms with van der Waals surface area (Å²) in [5.74, 6) is 0.824. The molecule has 0 aromatic heterocycles. The van der Waals surface area contributed by atoms with Crippen molar-refractivity contribution >= 4 is 17.1 Å². The second kappa shape index (κ2) is 8.03. The van der Waals surface area contributed by atoms with E-state index in [1.54, 1.807) is 0 Å². The van der Waals surface area contributed by atoms with Crippen molar-refractivity contribution in [3.63, 3.8) is 0 Å². The third-order valence-corrected chi connectivity index (χ3v) is 5.91. The molecule has 1 aliphatic carbocycles. The summed E-state index contributed by atoms with van der Waals surface area (Å²) in [7, 11) is 0. The molecule has 2 aromatic rings. The molecule has 0 bridgehead atoms. The van der Waals surface area contributed by atoms with Gasteiger partial charge in [-0.25, -0.2) is 0 Å². The van der Waals surface area contributed by atoms with Crippen LogP contribution in [0.2, 0.25) is 0 Å². The fourth-order valence-electron chi connectivity index (χ4n) is 4.00. The third-order valence-electron chi connectivity index (χ3n) is 5.91. The van der Waals surface area contributed by atoms with Gasteiger partial charge in [0.05, 0.1) is 17.4 Å². The summed E-state index contributed by atoms with van der Waals surface area (Å²) in [5.41, 5.74) is 17.4. The Hall–Kier alpha value is -2.16. The number of nitrogens with one attached hydrogen (secondary N) is 1. The van der Waals surface area contributed by atoms with Crippen LogP contribution < -0.4 is 16.8 Å². The minimum Gasteiger partial charge on any atom is -0.399 e.